The van der Waals surface area contributed by atoms with Gasteiger partial charge in [-0.3, -0.25) is 0 Å². The number of carbonyl (C=O) groups is 1. The van der Waals surface area contributed by atoms with E-state index in [0.717, 1.165) is 25.0 Å². The zero-order chi connectivity index (χ0) is 15.1. The fraction of sp³-hybridized carbons (Fsp3) is 0.471. The maximum atomic E-state index is 11.9. The first kappa shape index (κ1) is 16.0. The normalized spacial score (nSPS) is 19.5. The van der Waals surface area contributed by atoms with Gasteiger partial charge in [0.05, 0.1) is 6.61 Å². The van der Waals surface area contributed by atoms with Gasteiger partial charge in [-0.15, -0.1) is 11.8 Å². The van der Waals surface area contributed by atoms with E-state index in [0.29, 0.717) is 6.61 Å². The number of thioether (sulfide) groups is 1. The minimum absolute atomic E-state index is 0.240. The molecule has 2 unspecified atom stereocenters. The standard InChI is InChI=1S/C17H22O3S/c1-3-19-16(18)17(21-2)20-15-12-8-7-11-14(15)13-9-5-4-6-10-13/h4-6,9-10,12,14,17H,3,7-8,11H2,1-2H3. The van der Waals surface area contributed by atoms with E-state index < -0.39 is 5.44 Å². The molecule has 3 nitrogen and oxygen atoms in total. The SMILES string of the molecule is CCOC(=O)C(OC1=CCCCC1c1ccccc1)SC. The predicted octanol–water partition coefficient (Wildman–Crippen LogP) is 4.11. The largest absolute Gasteiger partial charge is 0.472 e. The first-order valence-electron chi connectivity index (χ1n) is 7.37. The summed E-state index contributed by atoms with van der Waals surface area (Å²) in [6.07, 6.45) is 7.18. The summed E-state index contributed by atoms with van der Waals surface area (Å²) in [5.41, 5.74) is 0.660. The highest BCUT2D eigenvalue weighted by molar-refractivity contribution is 7.99. The molecule has 1 aliphatic rings. The van der Waals surface area contributed by atoms with Crippen LogP contribution in [0.25, 0.3) is 0 Å². The van der Waals surface area contributed by atoms with Crippen LogP contribution in [0.1, 0.15) is 37.7 Å². The van der Waals surface area contributed by atoms with Gasteiger partial charge in [0.15, 0.2) is 0 Å². The van der Waals surface area contributed by atoms with Gasteiger partial charge in [-0.2, -0.15) is 0 Å². The number of hydrogen-bond donors (Lipinski definition) is 0. The van der Waals surface area contributed by atoms with Gasteiger partial charge in [-0.25, -0.2) is 4.79 Å². The molecule has 0 saturated heterocycles. The zero-order valence-corrected chi connectivity index (χ0v) is 13.4. The fourth-order valence-corrected chi connectivity index (χ4v) is 2.99. The summed E-state index contributed by atoms with van der Waals surface area (Å²) in [5, 5.41) is 0. The molecule has 1 aliphatic carbocycles. The lowest BCUT2D eigenvalue weighted by Crippen LogP contribution is -2.25. The molecule has 0 bridgehead atoms. The van der Waals surface area contributed by atoms with E-state index in [2.05, 4.69) is 18.2 Å². The van der Waals surface area contributed by atoms with Crippen LogP contribution < -0.4 is 0 Å². The summed E-state index contributed by atoms with van der Waals surface area (Å²) in [4.78, 5) is 11.9. The van der Waals surface area contributed by atoms with Crippen LogP contribution in [0.15, 0.2) is 42.2 Å². The molecule has 0 aliphatic heterocycles. The highest BCUT2D eigenvalue weighted by Crippen LogP contribution is 2.36. The highest BCUT2D eigenvalue weighted by atomic mass is 32.2. The summed E-state index contributed by atoms with van der Waals surface area (Å²) in [6.45, 7) is 2.18. The zero-order valence-electron chi connectivity index (χ0n) is 12.6. The van der Waals surface area contributed by atoms with Crippen molar-refractivity contribution in [3.05, 3.63) is 47.7 Å². The number of hydrogen-bond acceptors (Lipinski definition) is 4. The monoisotopic (exact) mass is 306 g/mol. The summed E-state index contributed by atoms with van der Waals surface area (Å²) in [7, 11) is 0. The Kier molecular flexibility index (Phi) is 6.18. The van der Waals surface area contributed by atoms with E-state index in [-0.39, 0.29) is 11.9 Å². The van der Waals surface area contributed by atoms with Crippen molar-refractivity contribution < 1.29 is 14.3 Å². The quantitative estimate of drug-likeness (QED) is 0.585. The van der Waals surface area contributed by atoms with Gasteiger partial charge in [0.2, 0.25) is 5.44 Å². The maximum Gasteiger partial charge on any atom is 0.358 e. The van der Waals surface area contributed by atoms with Crippen molar-refractivity contribution in [1.29, 1.82) is 0 Å². The van der Waals surface area contributed by atoms with Crippen LogP contribution in [-0.2, 0) is 14.3 Å². The molecule has 2 rings (SSSR count). The minimum Gasteiger partial charge on any atom is -0.472 e. The molecule has 0 spiro atoms. The summed E-state index contributed by atoms with van der Waals surface area (Å²) in [5.74, 6) is 0.840. The van der Waals surface area contributed by atoms with Crippen molar-refractivity contribution in [1.82, 2.24) is 0 Å². The number of ether oxygens (including phenoxy) is 2. The molecule has 2 atom stereocenters. The molecule has 1 aromatic rings. The number of rotatable bonds is 6. The minimum atomic E-state index is -0.583. The summed E-state index contributed by atoms with van der Waals surface area (Å²) < 4.78 is 11.0. The van der Waals surface area contributed by atoms with Crippen molar-refractivity contribution in [2.75, 3.05) is 12.9 Å². The number of esters is 1. The Morgan fingerprint density at radius 1 is 1.38 bits per heavy atom. The third-order valence-corrected chi connectivity index (χ3v) is 4.24. The van der Waals surface area contributed by atoms with Crippen molar-refractivity contribution >= 4 is 17.7 Å². The number of carbonyl (C=O) groups excluding carboxylic acids is 1. The smallest absolute Gasteiger partial charge is 0.358 e. The first-order chi connectivity index (χ1) is 10.3. The third-order valence-electron chi connectivity index (χ3n) is 3.52. The van der Waals surface area contributed by atoms with Gasteiger partial charge in [-0.1, -0.05) is 30.3 Å². The molecular weight excluding hydrogens is 284 g/mol. The molecule has 4 heteroatoms. The summed E-state index contributed by atoms with van der Waals surface area (Å²) >= 11 is 1.37. The van der Waals surface area contributed by atoms with Crippen LogP contribution in [0.3, 0.4) is 0 Å². The lowest BCUT2D eigenvalue weighted by atomic mass is 9.87. The molecule has 114 valence electrons. The molecule has 0 aromatic heterocycles. The third kappa shape index (κ3) is 4.27. The van der Waals surface area contributed by atoms with Gasteiger partial charge in [-0.05, 0) is 44.1 Å². The predicted molar refractivity (Wildman–Crippen MR) is 86.1 cm³/mol. The van der Waals surface area contributed by atoms with Gasteiger partial charge >= 0.3 is 5.97 Å². The van der Waals surface area contributed by atoms with Crippen molar-refractivity contribution in [3.8, 4) is 0 Å². The molecule has 0 N–H and O–H groups in total. The maximum absolute atomic E-state index is 11.9. The van der Waals surface area contributed by atoms with Crippen LogP contribution in [0.2, 0.25) is 0 Å². The van der Waals surface area contributed by atoms with Gasteiger partial charge in [0, 0.05) is 5.92 Å². The Morgan fingerprint density at radius 3 is 2.81 bits per heavy atom. The van der Waals surface area contributed by atoms with Crippen LogP contribution in [0.5, 0.6) is 0 Å². The highest BCUT2D eigenvalue weighted by Gasteiger charge is 2.27. The number of allylic oxidation sites excluding steroid dienone is 2. The average molecular weight is 306 g/mol. The Labute approximate surface area is 130 Å². The second-order valence-electron chi connectivity index (χ2n) is 4.94. The molecule has 21 heavy (non-hydrogen) atoms. The van der Waals surface area contributed by atoms with Crippen LogP contribution in [0, 0.1) is 0 Å². The van der Waals surface area contributed by atoms with Gasteiger partial charge in [0.25, 0.3) is 0 Å². The molecular formula is C17H22O3S. The van der Waals surface area contributed by atoms with E-state index in [1.807, 2.05) is 31.4 Å². The van der Waals surface area contributed by atoms with Crippen molar-refractivity contribution in [3.63, 3.8) is 0 Å². The van der Waals surface area contributed by atoms with E-state index in [1.165, 1.54) is 17.3 Å². The Bertz CT molecular complexity index is 484. The van der Waals surface area contributed by atoms with Gasteiger partial charge in [0.1, 0.15) is 5.76 Å². The van der Waals surface area contributed by atoms with Crippen molar-refractivity contribution in [2.24, 2.45) is 0 Å². The molecule has 0 heterocycles. The fourth-order valence-electron chi connectivity index (χ4n) is 2.52. The molecule has 0 amide bonds. The topological polar surface area (TPSA) is 35.5 Å². The van der Waals surface area contributed by atoms with E-state index >= 15 is 0 Å². The molecule has 0 fully saturated rings. The first-order valence-corrected chi connectivity index (χ1v) is 8.66. The average Bonchev–Trinajstić information content (AvgIpc) is 2.54. The molecule has 0 radical (unpaired) electrons. The second-order valence-corrected chi connectivity index (χ2v) is 5.84. The lowest BCUT2D eigenvalue weighted by molar-refractivity contribution is -0.149. The van der Waals surface area contributed by atoms with Crippen LogP contribution in [0.4, 0.5) is 0 Å². The molecule has 0 saturated carbocycles. The summed E-state index contributed by atoms with van der Waals surface area (Å²) in [6, 6.07) is 10.3. The van der Waals surface area contributed by atoms with E-state index in [9.17, 15) is 4.79 Å². The second kappa shape index (κ2) is 8.13. The lowest BCUT2D eigenvalue weighted by Gasteiger charge is -2.27. The Balaban J connectivity index is 2.12. The Morgan fingerprint density at radius 2 is 2.14 bits per heavy atom. The van der Waals surface area contributed by atoms with Gasteiger partial charge < -0.3 is 9.47 Å². The van der Waals surface area contributed by atoms with Crippen LogP contribution >= 0.6 is 11.8 Å². The number of benzene rings is 1. The molecule has 1 aromatic carbocycles. The van der Waals surface area contributed by atoms with E-state index in [1.54, 1.807) is 0 Å². The van der Waals surface area contributed by atoms with Crippen molar-refractivity contribution in [2.45, 2.75) is 37.5 Å². The van der Waals surface area contributed by atoms with Crippen LogP contribution in [-0.4, -0.2) is 24.3 Å². The Hall–Kier alpha value is -1.42. The van der Waals surface area contributed by atoms with E-state index in [4.69, 9.17) is 9.47 Å².